The molecule has 0 saturated carbocycles. The number of nitriles is 1. The highest BCUT2D eigenvalue weighted by atomic mass is 32.2. The van der Waals surface area contributed by atoms with Crippen LogP contribution in [0.3, 0.4) is 0 Å². The van der Waals surface area contributed by atoms with E-state index in [1.807, 2.05) is 6.07 Å². The number of pyridine rings is 2. The third-order valence-electron chi connectivity index (χ3n) is 4.21. The number of alkyl halides is 3. The molecule has 0 atom stereocenters. The van der Waals surface area contributed by atoms with Crippen LogP contribution in [-0.2, 0) is 16.0 Å². The number of amides is 1. The van der Waals surface area contributed by atoms with Crippen molar-refractivity contribution in [1.82, 2.24) is 20.2 Å². The van der Waals surface area contributed by atoms with Crippen LogP contribution in [0.25, 0.3) is 11.3 Å². The summed E-state index contributed by atoms with van der Waals surface area (Å²) in [6.07, 6.45) is -2.22. The number of nitrogens with zero attached hydrogens (tertiary/aromatic N) is 6. The van der Waals surface area contributed by atoms with Crippen LogP contribution < -0.4 is 4.90 Å². The second-order valence-corrected chi connectivity index (χ2v) is 9.47. The van der Waals surface area contributed by atoms with E-state index in [1.54, 1.807) is 0 Å². The summed E-state index contributed by atoms with van der Waals surface area (Å²) in [7, 11) is -2.81. The molecule has 3 aromatic heterocycles. The van der Waals surface area contributed by atoms with Gasteiger partial charge in [0.2, 0.25) is 10.1 Å². The molecule has 0 unspecified atom stereocenters. The minimum atomic E-state index is -4.73. The lowest BCUT2D eigenvalue weighted by molar-refractivity contribution is -0.138. The Morgan fingerprint density at radius 3 is 2.47 bits per heavy atom. The number of aromatic nitrogens is 4. The Morgan fingerprint density at radius 1 is 1.22 bits per heavy atom. The summed E-state index contributed by atoms with van der Waals surface area (Å²) in [6.45, 7) is 1.38. The molecule has 0 aliphatic carbocycles. The Morgan fingerprint density at radius 2 is 1.94 bits per heavy atom. The van der Waals surface area contributed by atoms with E-state index in [2.05, 4.69) is 20.2 Å². The van der Waals surface area contributed by atoms with Crippen molar-refractivity contribution in [3.63, 3.8) is 0 Å². The highest BCUT2D eigenvalue weighted by molar-refractivity contribution is 7.91. The van der Waals surface area contributed by atoms with Crippen LogP contribution in [0.15, 0.2) is 35.5 Å². The molecule has 14 heteroatoms. The Labute approximate surface area is 184 Å². The largest absolute Gasteiger partial charge is 0.445 e. The number of carbonyl (C=O) groups is 1. The van der Waals surface area contributed by atoms with E-state index in [0.717, 1.165) is 11.9 Å². The molecule has 0 aromatic carbocycles. The number of anilines is 1. The molecule has 0 bridgehead atoms. The molecular formula is C18H13F3N6O3S2. The fraction of sp³-hybridized carbons (Fsp3) is 0.222. The topological polar surface area (TPSA) is 130 Å². The Kier molecular flexibility index (Phi) is 6.24. The van der Waals surface area contributed by atoms with Gasteiger partial charge in [-0.25, -0.2) is 13.4 Å². The third kappa shape index (κ3) is 4.58. The highest BCUT2D eigenvalue weighted by Crippen LogP contribution is 2.34. The maximum atomic E-state index is 12.9. The van der Waals surface area contributed by atoms with Crippen LogP contribution in [-0.4, -0.2) is 47.3 Å². The standard InChI is InChI=1S/C18H13F3N6O3S2/c1-3-32(29,30)13-6-11(12-5-4-10(7-22)8-23-12)9-24-14(13)15(28)27(2)17-26-25-16(31-17)18(19,20)21/h4-6,8-9H,3H2,1-2H3. The van der Waals surface area contributed by atoms with Crippen molar-refractivity contribution < 1.29 is 26.4 Å². The molecule has 3 rings (SSSR count). The van der Waals surface area contributed by atoms with Crippen LogP contribution in [0.4, 0.5) is 18.3 Å². The number of hydrogen-bond donors (Lipinski definition) is 0. The highest BCUT2D eigenvalue weighted by Gasteiger charge is 2.37. The van der Waals surface area contributed by atoms with Crippen LogP contribution in [0.2, 0.25) is 0 Å². The van der Waals surface area contributed by atoms with E-state index in [1.165, 1.54) is 37.5 Å². The SMILES string of the molecule is CCS(=O)(=O)c1cc(-c2ccc(C#N)cn2)cnc1C(=O)N(C)c1nnc(C(F)(F)F)s1. The summed E-state index contributed by atoms with van der Waals surface area (Å²) in [5.74, 6) is -1.32. The molecule has 166 valence electrons. The predicted molar refractivity (Wildman–Crippen MR) is 108 cm³/mol. The molecule has 0 radical (unpaired) electrons. The van der Waals surface area contributed by atoms with Crippen LogP contribution in [0.1, 0.15) is 28.0 Å². The lowest BCUT2D eigenvalue weighted by atomic mass is 10.1. The van der Waals surface area contributed by atoms with Crippen molar-refractivity contribution in [1.29, 1.82) is 5.26 Å². The number of carbonyl (C=O) groups excluding carboxylic acids is 1. The van der Waals surface area contributed by atoms with Crippen LogP contribution in [0.5, 0.6) is 0 Å². The fourth-order valence-electron chi connectivity index (χ4n) is 2.48. The third-order valence-corrected chi connectivity index (χ3v) is 6.99. The number of halogens is 3. The van der Waals surface area contributed by atoms with Gasteiger partial charge in [0.05, 0.1) is 21.9 Å². The first kappa shape index (κ1) is 23.2. The summed E-state index contributed by atoms with van der Waals surface area (Å²) in [4.78, 5) is 21.3. The summed E-state index contributed by atoms with van der Waals surface area (Å²) in [5.41, 5.74) is 0.411. The van der Waals surface area contributed by atoms with E-state index < -0.39 is 37.5 Å². The first-order valence-electron chi connectivity index (χ1n) is 8.76. The van der Waals surface area contributed by atoms with Crippen molar-refractivity contribution in [3.05, 3.63) is 46.9 Å². The van der Waals surface area contributed by atoms with Gasteiger partial charge in [-0.05, 0) is 18.2 Å². The smallest absolute Gasteiger partial charge is 0.284 e. The molecule has 3 aromatic rings. The van der Waals surface area contributed by atoms with Gasteiger partial charge >= 0.3 is 6.18 Å². The molecule has 9 nitrogen and oxygen atoms in total. The van der Waals surface area contributed by atoms with Gasteiger partial charge in [0.15, 0.2) is 9.84 Å². The molecule has 0 aliphatic rings. The van der Waals surface area contributed by atoms with Gasteiger partial charge < -0.3 is 0 Å². The average molecular weight is 482 g/mol. The number of sulfone groups is 1. The van der Waals surface area contributed by atoms with Crippen LogP contribution >= 0.6 is 11.3 Å². The second-order valence-electron chi connectivity index (χ2n) is 6.27. The van der Waals surface area contributed by atoms with Gasteiger partial charge in [-0.1, -0.05) is 18.3 Å². The predicted octanol–water partition coefficient (Wildman–Crippen LogP) is 2.96. The van der Waals surface area contributed by atoms with Gasteiger partial charge in [0.25, 0.3) is 5.91 Å². The quantitative estimate of drug-likeness (QED) is 0.543. The molecule has 0 N–H and O–H groups in total. The van der Waals surface area contributed by atoms with E-state index >= 15 is 0 Å². The first-order valence-corrected chi connectivity index (χ1v) is 11.2. The lowest BCUT2D eigenvalue weighted by Gasteiger charge is -2.16. The second kappa shape index (κ2) is 8.60. The Balaban J connectivity index is 2.05. The number of hydrogen-bond acceptors (Lipinski definition) is 9. The zero-order chi connectivity index (χ0) is 23.7. The van der Waals surface area contributed by atoms with E-state index in [0.29, 0.717) is 11.3 Å². The summed E-state index contributed by atoms with van der Waals surface area (Å²) >= 11 is 0.138. The summed E-state index contributed by atoms with van der Waals surface area (Å²) in [5, 5.41) is 13.6. The molecule has 3 heterocycles. The van der Waals surface area contributed by atoms with Gasteiger partial charge in [0.1, 0.15) is 11.8 Å². The maximum absolute atomic E-state index is 12.9. The van der Waals surface area contributed by atoms with E-state index in [-0.39, 0.29) is 27.8 Å². The van der Waals surface area contributed by atoms with Crippen molar-refractivity contribution in [2.75, 3.05) is 17.7 Å². The minimum Gasteiger partial charge on any atom is -0.284 e. The van der Waals surface area contributed by atoms with E-state index in [9.17, 15) is 26.4 Å². The van der Waals surface area contributed by atoms with Gasteiger partial charge in [-0.15, -0.1) is 10.2 Å². The molecule has 0 fully saturated rings. The molecule has 0 saturated heterocycles. The number of rotatable bonds is 5. The first-order chi connectivity index (χ1) is 15.0. The summed E-state index contributed by atoms with van der Waals surface area (Å²) < 4.78 is 63.7. The minimum absolute atomic E-state index is 0.138. The van der Waals surface area contributed by atoms with Crippen molar-refractivity contribution in [2.45, 2.75) is 18.0 Å². The fourth-order valence-corrected chi connectivity index (χ4v) is 4.20. The molecule has 0 spiro atoms. The van der Waals surface area contributed by atoms with Gasteiger partial charge in [0, 0.05) is 25.0 Å². The van der Waals surface area contributed by atoms with Crippen molar-refractivity contribution in [3.8, 4) is 17.3 Å². The van der Waals surface area contributed by atoms with Gasteiger partial charge in [-0.2, -0.15) is 18.4 Å². The molecular weight excluding hydrogens is 469 g/mol. The molecule has 32 heavy (non-hydrogen) atoms. The molecule has 1 amide bonds. The summed E-state index contributed by atoms with van der Waals surface area (Å²) in [6, 6.07) is 6.09. The Bertz CT molecular complexity index is 1310. The zero-order valence-corrected chi connectivity index (χ0v) is 18.1. The van der Waals surface area contributed by atoms with Crippen LogP contribution in [0, 0.1) is 11.3 Å². The molecule has 0 aliphatic heterocycles. The van der Waals surface area contributed by atoms with Gasteiger partial charge in [-0.3, -0.25) is 14.7 Å². The zero-order valence-electron chi connectivity index (χ0n) is 16.5. The maximum Gasteiger partial charge on any atom is 0.445 e. The normalized spacial score (nSPS) is 11.8. The monoisotopic (exact) mass is 482 g/mol. The average Bonchev–Trinajstić information content (AvgIpc) is 3.29. The van der Waals surface area contributed by atoms with Crippen molar-refractivity contribution in [2.24, 2.45) is 0 Å². The Hall–Kier alpha value is -3.44. The van der Waals surface area contributed by atoms with Crippen molar-refractivity contribution >= 4 is 32.2 Å². The lowest BCUT2D eigenvalue weighted by Crippen LogP contribution is -2.29. The van der Waals surface area contributed by atoms with E-state index in [4.69, 9.17) is 5.26 Å².